The van der Waals surface area contributed by atoms with Gasteiger partial charge >= 0.3 is 6.18 Å². The Balaban J connectivity index is 1.75. The largest absolute Gasteiger partial charge is 0.443 e. The number of ether oxygens (including phenoxy) is 1. The number of halogens is 3. The highest BCUT2D eigenvalue weighted by Crippen LogP contribution is 2.37. The molecule has 0 bridgehead atoms. The lowest BCUT2D eigenvalue weighted by Crippen LogP contribution is -2.25. The van der Waals surface area contributed by atoms with Gasteiger partial charge in [0.1, 0.15) is 11.2 Å². The van der Waals surface area contributed by atoms with Crippen LogP contribution in [-0.4, -0.2) is 42.5 Å². The molecule has 5 rings (SSSR count). The van der Waals surface area contributed by atoms with E-state index in [1.807, 2.05) is 0 Å². The molecule has 1 unspecified atom stereocenters. The summed E-state index contributed by atoms with van der Waals surface area (Å²) in [6, 6.07) is 1.34. The number of fused-ring (bicyclic) bond motifs is 1. The smallest absolute Gasteiger partial charge is 0.379 e. The number of hydrogen-bond acceptors (Lipinski definition) is 7. The average molecular weight is 448 g/mol. The Morgan fingerprint density at radius 1 is 1.26 bits per heavy atom. The van der Waals surface area contributed by atoms with Gasteiger partial charge < -0.3 is 4.74 Å². The second kappa shape index (κ2) is 7.24. The summed E-state index contributed by atoms with van der Waals surface area (Å²) in [5.41, 5.74) is 1.25. The Morgan fingerprint density at radius 2 is 2.10 bits per heavy atom. The highest BCUT2D eigenvalue weighted by atomic mass is 32.1. The molecule has 4 aromatic heterocycles. The molecule has 160 valence electrons. The van der Waals surface area contributed by atoms with Crippen LogP contribution in [0, 0.1) is 0 Å². The van der Waals surface area contributed by atoms with Crippen LogP contribution in [-0.2, 0) is 18.0 Å². The average Bonchev–Trinajstić information content (AvgIpc) is 3.49. The van der Waals surface area contributed by atoms with Gasteiger partial charge in [-0.2, -0.15) is 18.3 Å². The van der Waals surface area contributed by atoms with E-state index in [1.165, 1.54) is 17.0 Å². The Labute approximate surface area is 177 Å². The van der Waals surface area contributed by atoms with Crippen molar-refractivity contribution in [1.29, 1.82) is 0 Å². The molecule has 31 heavy (non-hydrogen) atoms. The number of hydrogen-bond donors (Lipinski definition) is 0. The predicted molar refractivity (Wildman–Crippen MR) is 107 cm³/mol. The summed E-state index contributed by atoms with van der Waals surface area (Å²) in [5, 5.41) is 3.42. The molecule has 1 saturated heterocycles. The van der Waals surface area contributed by atoms with Gasteiger partial charge in [-0.05, 0) is 12.5 Å². The zero-order valence-corrected chi connectivity index (χ0v) is 16.9. The standard InChI is InChI=1S/C19H15F3N6O2S/c1-27-7-10(5-25-27)15-16-12(17(29)28(9-24-16)11-2-3-30-8-11)4-13(26-15)14-6-23-18(31-14)19(20,21)22/h4-7,9,11H,2-3,8H2,1H3. The second-order valence-corrected chi connectivity index (χ2v) is 8.19. The molecular weight excluding hydrogens is 433 g/mol. The van der Waals surface area contributed by atoms with Crippen LogP contribution in [0.3, 0.4) is 0 Å². The van der Waals surface area contributed by atoms with Crippen LogP contribution in [0.15, 0.2) is 35.8 Å². The van der Waals surface area contributed by atoms with E-state index in [9.17, 15) is 18.0 Å². The molecule has 0 radical (unpaired) electrons. The van der Waals surface area contributed by atoms with Crippen molar-refractivity contribution in [3.05, 3.63) is 46.3 Å². The number of alkyl halides is 3. The third kappa shape index (κ3) is 3.51. The maximum atomic E-state index is 13.3. The minimum absolute atomic E-state index is 0.136. The molecule has 0 N–H and O–H groups in total. The van der Waals surface area contributed by atoms with E-state index in [2.05, 4.69) is 20.1 Å². The van der Waals surface area contributed by atoms with Crippen LogP contribution in [0.5, 0.6) is 0 Å². The zero-order chi connectivity index (χ0) is 21.8. The monoisotopic (exact) mass is 448 g/mol. The number of thiazole rings is 1. The fourth-order valence-corrected chi connectivity index (χ4v) is 4.28. The minimum atomic E-state index is -4.55. The van der Waals surface area contributed by atoms with Gasteiger partial charge in [0, 0.05) is 31.6 Å². The van der Waals surface area contributed by atoms with Crippen LogP contribution >= 0.6 is 11.3 Å². The second-order valence-electron chi connectivity index (χ2n) is 7.16. The molecule has 0 saturated carbocycles. The Bertz CT molecular complexity index is 1340. The van der Waals surface area contributed by atoms with Gasteiger partial charge in [0.05, 0.1) is 41.1 Å². The first-order valence-electron chi connectivity index (χ1n) is 9.33. The number of nitrogens with zero attached hydrogens (tertiary/aromatic N) is 6. The third-order valence-corrected chi connectivity index (χ3v) is 6.11. The van der Waals surface area contributed by atoms with Crippen LogP contribution in [0.1, 0.15) is 17.5 Å². The molecule has 5 heterocycles. The number of aryl methyl sites for hydroxylation is 1. The van der Waals surface area contributed by atoms with Crippen molar-refractivity contribution < 1.29 is 17.9 Å². The summed E-state index contributed by atoms with van der Waals surface area (Å²) in [6.45, 7) is 0.961. The van der Waals surface area contributed by atoms with E-state index in [0.29, 0.717) is 47.7 Å². The van der Waals surface area contributed by atoms with E-state index in [0.717, 1.165) is 6.20 Å². The SMILES string of the molecule is Cn1cc(-c2nc(-c3cnc(C(F)(F)F)s3)cc3c(=O)n(C4CCOC4)cnc23)cn1. The van der Waals surface area contributed by atoms with Gasteiger partial charge in [-0.15, -0.1) is 11.3 Å². The van der Waals surface area contributed by atoms with E-state index < -0.39 is 11.2 Å². The van der Waals surface area contributed by atoms with Gasteiger partial charge in [-0.25, -0.2) is 15.0 Å². The summed E-state index contributed by atoms with van der Waals surface area (Å²) < 4.78 is 47.6. The molecule has 1 aliphatic rings. The van der Waals surface area contributed by atoms with Gasteiger partial charge in [-0.3, -0.25) is 14.0 Å². The van der Waals surface area contributed by atoms with Crippen LogP contribution < -0.4 is 5.56 Å². The third-order valence-electron chi connectivity index (χ3n) is 5.05. The van der Waals surface area contributed by atoms with E-state index >= 15 is 0 Å². The van der Waals surface area contributed by atoms with E-state index in [4.69, 9.17) is 4.74 Å². The van der Waals surface area contributed by atoms with Gasteiger partial charge in [0.2, 0.25) is 0 Å². The van der Waals surface area contributed by atoms with Gasteiger partial charge in [-0.1, -0.05) is 0 Å². The lowest BCUT2D eigenvalue weighted by molar-refractivity contribution is -0.137. The van der Waals surface area contributed by atoms with Gasteiger partial charge in [0.15, 0.2) is 5.01 Å². The first kappa shape index (κ1) is 19.8. The summed E-state index contributed by atoms with van der Waals surface area (Å²) in [4.78, 5) is 26.0. The van der Waals surface area contributed by atoms with E-state index in [-0.39, 0.29) is 27.6 Å². The summed E-state index contributed by atoms with van der Waals surface area (Å²) in [5.74, 6) is 0. The molecule has 1 atom stereocenters. The number of aromatic nitrogens is 6. The summed E-state index contributed by atoms with van der Waals surface area (Å²) in [7, 11) is 1.73. The molecule has 0 spiro atoms. The zero-order valence-electron chi connectivity index (χ0n) is 16.1. The molecule has 1 aliphatic heterocycles. The lowest BCUT2D eigenvalue weighted by atomic mass is 10.1. The van der Waals surface area contributed by atoms with Crippen molar-refractivity contribution >= 4 is 22.2 Å². The van der Waals surface area contributed by atoms with Crippen molar-refractivity contribution in [3.8, 4) is 21.8 Å². The van der Waals surface area contributed by atoms with E-state index in [1.54, 1.807) is 24.1 Å². The molecule has 0 amide bonds. The van der Waals surface area contributed by atoms with Crippen molar-refractivity contribution in [2.75, 3.05) is 13.2 Å². The predicted octanol–water partition coefficient (Wildman–Crippen LogP) is 3.30. The van der Waals surface area contributed by atoms with Crippen LogP contribution in [0.4, 0.5) is 13.2 Å². The number of pyridine rings is 1. The lowest BCUT2D eigenvalue weighted by Gasteiger charge is -2.13. The van der Waals surface area contributed by atoms with Crippen molar-refractivity contribution in [3.63, 3.8) is 0 Å². The number of rotatable bonds is 3. The highest BCUT2D eigenvalue weighted by molar-refractivity contribution is 7.15. The maximum absolute atomic E-state index is 13.3. The van der Waals surface area contributed by atoms with Gasteiger partial charge in [0.25, 0.3) is 5.56 Å². The molecule has 0 aromatic carbocycles. The highest BCUT2D eigenvalue weighted by Gasteiger charge is 2.35. The molecule has 8 nitrogen and oxygen atoms in total. The van der Waals surface area contributed by atoms with Crippen molar-refractivity contribution in [2.24, 2.45) is 7.05 Å². The molecule has 0 aliphatic carbocycles. The first-order chi connectivity index (χ1) is 14.8. The first-order valence-corrected chi connectivity index (χ1v) is 10.1. The Hall–Kier alpha value is -3.12. The van der Waals surface area contributed by atoms with Crippen molar-refractivity contribution in [2.45, 2.75) is 18.6 Å². The minimum Gasteiger partial charge on any atom is -0.379 e. The normalized spacial score (nSPS) is 17.0. The van der Waals surface area contributed by atoms with Crippen LogP contribution in [0.2, 0.25) is 0 Å². The topological polar surface area (TPSA) is 87.7 Å². The fourth-order valence-electron chi connectivity index (χ4n) is 3.54. The summed E-state index contributed by atoms with van der Waals surface area (Å²) in [6.07, 6.45) is 2.00. The fraction of sp³-hybridized carbons (Fsp3) is 0.316. The molecular formula is C19H15F3N6O2S. The molecule has 12 heteroatoms. The Morgan fingerprint density at radius 3 is 2.74 bits per heavy atom. The van der Waals surface area contributed by atoms with Crippen LogP contribution in [0.25, 0.3) is 32.7 Å². The molecule has 1 fully saturated rings. The quantitative estimate of drug-likeness (QED) is 0.478. The molecule has 4 aromatic rings. The Kier molecular flexibility index (Phi) is 4.63. The van der Waals surface area contributed by atoms with Crippen molar-refractivity contribution in [1.82, 2.24) is 29.3 Å². The summed E-state index contributed by atoms with van der Waals surface area (Å²) >= 11 is 0.477. The maximum Gasteiger partial charge on any atom is 0.443 e.